The number of pyridine rings is 1. The fourth-order valence-corrected chi connectivity index (χ4v) is 4.40. The standard InChI is InChI=1S/C21H20N4O4S2/c1-13-5-6-17-23-18(22-11-14-4-3-8-29-14)15(19(26)25(17)12-13)10-16-20(27)24(7-9-28-2)21(30)31-16/h3-6,8,10,12,22H,7,9,11H2,1-2H3. The first-order valence-corrected chi connectivity index (χ1v) is 10.7. The number of thioether (sulfide) groups is 1. The molecule has 160 valence electrons. The number of aromatic nitrogens is 2. The van der Waals surface area contributed by atoms with Crippen LogP contribution in [0.5, 0.6) is 0 Å². The number of carbonyl (C=O) groups excluding carboxylic acids is 1. The number of hydrogen-bond donors (Lipinski definition) is 1. The molecule has 1 amide bonds. The number of anilines is 1. The lowest BCUT2D eigenvalue weighted by molar-refractivity contribution is -0.122. The van der Waals surface area contributed by atoms with E-state index in [9.17, 15) is 9.59 Å². The molecule has 0 unspecified atom stereocenters. The minimum Gasteiger partial charge on any atom is -0.467 e. The lowest BCUT2D eigenvalue weighted by Gasteiger charge is -2.13. The minimum atomic E-state index is -0.280. The number of hydrogen-bond acceptors (Lipinski definition) is 8. The molecule has 1 fully saturated rings. The zero-order valence-electron chi connectivity index (χ0n) is 17.0. The Morgan fingerprint density at radius 2 is 2.16 bits per heavy atom. The van der Waals surface area contributed by atoms with Gasteiger partial charge in [0.25, 0.3) is 11.5 Å². The van der Waals surface area contributed by atoms with Crippen molar-refractivity contribution in [2.24, 2.45) is 0 Å². The molecule has 3 aromatic rings. The Morgan fingerprint density at radius 1 is 1.32 bits per heavy atom. The normalized spacial score (nSPS) is 15.4. The molecule has 0 bridgehead atoms. The number of amides is 1. The van der Waals surface area contributed by atoms with E-state index >= 15 is 0 Å². The number of furan rings is 1. The molecule has 0 radical (unpaired) electrons. The molecule has 10 heteroatoms. The largest absolute Gasteiger partial charge is 0.467 e. The molecule has 3 aromatic heterocycles. The summed E-state index contributed by atoms with van der Waals surface area (Å²) in [5, 5.41) is 3.16. The zero-order chi connectivity index (χ0) is 22.0. The summed E-state index contributed by atoms with van der Waals surface area (Å²) in [7, 11) is 1.56. The average molecular weight is 457 g/mol. The van der Waals surface area contributed by atoms with Crippen molar-refractivity contribution in [3.8, 4) is 0 Å². The van der Waals surface area contributed by atoms with Crippen molar-refractivity contribution in [1.82, 2.24) is 14.3 Å². The minimum absolute atomic E-state index is 0.252. The van der Waals surface area contributed by atoms with Crippen LogP contribution >= 0.6 is 24.0 Å². The topological polar surface area (TPSA) is 89.1 Å². The van der Waals surface area contributed by atoms with Crippen LogP contribution in [0.3, 0.4) is 0 Å². The molecule has 1 aliphatic heterocycles. The zero-order valence-corrected chi connectivity index (χ0v) is 18.6. The van der Waals surface area contributed by atoms with E-state index in [-0.39, 0.29) is 17.0 Å². The van der Waals surface area contributed by atoms with E-state index < -0.39 is 0 Å². The fraction of sp³-hybridized carbons (Fsp3) is 0.238. The van der Waals surface area contributed by atoms with E-state index in [4.69, 9.17) is 21.4 Å². The van der Waals surface area contributed by atoms with Crippen LogP contribution < -0.4 is 10.9 Å². The van der Waals surface area contributed by atoms with Crippen LogP contribution in [0, 0.1) is 6.92 Å². The maximum atomic E-state index is 13.3. The molecule has 0 spiro atoms. The first-order valence-electron chi connectivity index (χ1n) is 9.51. The maximum Gasteiger partial charge on any atom is 0.267 e. The molecule has 0 atom stereocenters. The number of nitrogens with one attached hydrogen (secondary N) is 1. The number of fused-ring (bicyclic) bond motifs is 1. The lowest BCUT2D eigenvalue weighted by Crippen LogP contribution is -2.31. The van der Waals surface area contributed by atoms with E-state index in [1.807, 2.05) is 19.1 Å². The van der Waals surface area contributed by atoms with Crippen molar-refractivity contribution in [3.05, 3.63) is 68.9 Å². The SMILES string of the molecule is COCCN1C(=O)C(=Cc2c(NCc3ccco3)nc3ccc(C)cn3c2=O)SC1=S. The van der Waals surface area contributed by atoms with Gasteiger partial charge in [0.05, 0.1) is 36.4 Å². The van der Waals surface area contributed by atoms with Gasteiger partial charge in [0, 0.05) is 13.3 Å². The summed E-state index contributed by atoms with van der Waals surface area (Å²) < 4.78 is 12.3. The Kier molecular flexibility index (Phi) is 6.21. The highest BCUT2D eigenvalue weighted by molar-refractivity contribution is 8.26. The number of rotatable bonds is 7. The van der Waals surface area contributed by atoms with E-state index in [0.717, 1.165) is 17.3 Å². The van der Waals surface area contributed by atoms with Crippen LogP contribution in [-0.4, -0.2) is 44.8 Å². The molecular formula is C21H20N4O4S2. The summed E-state index contributed by atoms with van der Waals surface area (Å²) in [5.41, 5.74) is 1.42. The average Bonchev–Trinajstić information content (AvgIpc) is 3.36. The van der Waals surface area contributed by atoms with Crippen LogP contribution in [-0.2, 0) is 16.1 Å². The highest BCUT2D eigenvalue weighted by Gasteiger charge is 2.32. The van der Waals surface area contributed by atoms with E-state index in [1.54, 1.807) is 37.8 Å². The fourth-order valence-electron chi connectivity index (χ4n) is 3.11. The van der Waals surface area contributed by atoms with Crippen molar-refractivity contribution in [2.75, 3.05) is 25.6 Å². The summed E-state index contributed by atoms with van der Waals surface area (Å²) in [6, 6.07) is 7.28. The molecule has 31 heavy (non-hydrogen) atoms. The molecule has 0 aliphatic carbocycles. The molecule has 1 N–H and O–H groups in total. The summed E-state index contributed by atoms with van der Waals surface area (Å²) in [4.78, 5) is 32.6. The summed E-state index contributed by atoms with van der Waals surface area (Å²) >= 11 is 6.49. The second-order valence-corrected chi connectivity index (χ2v) is 8.55. The van der Waals surface area contributed by atoms with Crippen molar-refractivity contribution in [2.45, 2.75) is 13.5 Å². The highest BCUT2D eigenvalue weighted by atomic mass is 32.2. The van der Waals surface area contributed by atoms with E-state index in [0.29, 0.717) is 46.1 Å². The van der Waals surface area contributed by atoms with Crippen LogP contribution in [0.15, 0.2) is 50.8 Å². The lowest BCUT2D eigenvalue weighted by atomic mass is 10.2. The molecule has 1 saturated heterocycles. The summed E-state index contributed by atoms with van der Waals surface area (Å²) in [5.74, 6) is 0.813. The number of methoxy groups -OCH3 is 1. The molecule has 4 heterocycles. The number of carbonyl (C=O) groups is 1. The predicted octanol–water partition coefficient (Wildman–Crippen LogP) is 3.06. The van der Waals surface area contributed by atoms with Gasteiger partial charge in [-0.25, -0.2) is 4.98 Å². The molecule has 8 nitrogen and oxygen atoms in total. The van der Waals surface area contributed by atoms with Crippen molar-refractivity contribution in [1.29, 1.82) is 0 Å². The molecule has 0 aromatic carbocycles. The van der Waals surface area contributed by atoms with Gasteiger partial charge in [-0.05, 0) is 36.8 Å². The van der Waals surface area contributed by atoms with Crippen LogP contribution in [0.1, 0.15) is 16.9 Å². The van der Waals surface area contributed by atoms with Crippen molar-refractivity contribution < 1.29 is 13.9 Å². The monoisotopic (exact) mass is 456 g/mol. The third-order valence-electron chi connectivity index (χ3n) is 4.68. The Bertz CT molecular complexity index is 1230. The second kappa shape index (κ2) is 9.04. The van der Waals surface area contributed by atoms with Gasteiger partial charge in [-0.2, -0.15) is 0 Å². The molecule has 4 rings (SSSR count). The van der Waals surface area contributed by atoms with Gasteiger partial charge in [0.2, 0.25) is 0 Å². The van der Waals surface area contributed by atoms with Crippen molar-refractivity contribution in [3.63, 3.8) is 0 Å². The number of ether oxygens (including phenoxy) is 1. The predicted molar refractivity (Wildman–Crippen MR) is 124 cm³/mol. The smallest absolute Gasteiger partial charge is 0.267 e. The third-order valence-corrected chi connectivity index (χ3v) is 6.06. The summed E-state index contributed by atoms with van der Waals surface area (Å²) in [6.07, 6.45) is 4.86. The van der Waals surface area contributed by atoms with Gasteiger partial charge in [-0.15, -0.1) is 0 Å². The first-order chi connectivity index (χ1) is 15.0. The molecular weight excluding hydrogens is 436 g/mol. The van der Waals surface area contributed by atoms with Gasteiger partial charge in [-0.3, -0.25) is 18.9 Å². The quantitative estimate of drug-likeness (QED) is 0.429. The molecule has 1 aliphatic rings. The Morgan fingerprint density at radius 3 is 2.90 bits per heavy atom. The van der Waals surface area contributed by atoms with Gasteiger partial charge < -0.3 is 14.5 Å². The van der Waals surface area contributed by atoms with Gasteiger partial charge in [-0.1, -0.05) is 30.0 Å². The number of nitrogens with zero attached hydrogens (tertiary/aromatic N) is 3. The second-order valence-electron chi connectivity index (χ2n) is 6.87. The van der Waals surface area contributed by atoms with Crippen molar-refractivity contribution >= 4 is 51.7 Å². The first kappa shape index (κ1) is 21.3. The summed E-state index contributed by atoms with van der Waals surface area (Å²) in [6.45, 7) is 2.97. The number of thiocarbonyl (C=S) groups is 1. The van der Waals surface area contributed by atoms with E-state index in [1.165, 1.54) is 9.30 Å². The molecule has 0 saturated carbocycles. The number of aryl methyl sites for hydroxylation is 1. The van der Waals surface area contributed by atoms with E-state index in [2.05, 4.69) is 10.3 Å². The van der Waals surface area contributed by atoms with Crippen LogP contribution in [0.4, 0.5) is 5.82 Å². The van der Waals surface area contributed by atoms with Gasteiger partial charge >= 0.3 is 0 Å². The van der Waals surface area contributed by atoms with Crippen LogP contribution in [0.25, 0.3) is 11.7 Å². The third kappa shape index (κ3) is 4.41. The maximum absolute atomic E-state index is 13.3. The Hall–Kier alpha value is -2.95. The Labute approximate surface area is 187 Å². The highest BCUT2D eigenvalue weighted by Crippen LogP contribution is 2.32. The van der Waals surface area contributed by atoms with Gasteiger partial charge in [0.15, 0.2) is 0 Å². The van der Waals surface area contributed by atoms with Gasteiger partial charge in [0.1, 0.15) is 21.5 Å². The van der Waals surface area contributed by atoms with Crippen LogP contribution in [0.2, 0.25) is 0 Å². The Balaban J connectivity index is 1.77.